The van der Waals surface area contributed by atoms with Gasteiger partial charge in [-0.2, -0.15) is 0 Å². The first-order chi connectivity index (χ1) is 56.5. The highest BCUT2D eigenvalue weighted by Crippen LogP contribution is 2.24. The van der Waals surface area contributed by atoms with Crippen molar-refractivity contribution >= 4 is 43.6 Å². The minimum atomic E-state index is -2.02. The van der Waals surface area contributed by atoms with Crippen molar-refractivity contribution in [1.82, 2.24) is 5.01 Å². The molecule has 5 aromatic rings. The molecule has 626 valence electrons. The number of hydrogen-bond acceptors (Lipinski definition) is 27. The van der Waals surface area contributed by atoms with Gasteiger partial charge in [0, 0.05) is 93.1 Å². The molecule has 0 amide bonds. The molecule has 0 saturated heterocycles. The van der Waals surface area contributed by atoms with Crippen molar-refractivity contribution in [2.75, 3.05) is 247 Å². The monoisotopic (exact) mass is 1620 g/mol. The fourth-order valence-corrected chi connectivity index (χ4v) is 9.85. The van der Waals surface area contributed by atoms with Crippen LogP contribution in [0.25, 0.3) is 0 Å². The van der Waals surface area contributed by atoms with E-state index in [1.165, 1.54) is 18.2 Å². The normalized spacial score (nSPS) is 10.9. The summed E-state index contributed by atoms with van der Waals surface area (Å²) in [5, 5.41) is 10.7. The first-order valence-corrected chi connectivity index (χ1v) is 41.6. The Bertz CT molecular complexity index is 4180. The first kappa shape index (κ1) is 96.8. The Labute approximate surface area is 682 Å². The smallest absolute Gasteiger partial charge is 0.338 e. The van der Waals surface area contributed by atoms with Crippen molar-refractivity contribution in [3.8, 4) is 58.8 Å². The maximum atomic E-state index is 14.0. The molecule has 0 aliphatic rings. The summed E-state index contributed by atoms with van der Waals surface area (Å²) in [4.78, 5) is 68.8. The van der Waals surface area contributed by atoms with Crippen LogP contribution in [0.1, 0.15) is 116 Å². The molecular formula is C87H109N3O25Si. The molecule has 0 bridgehead atoms. The Morgan fingerprint density at radius 2 is 0.483 bits per heavy atom. The van der Waals surface area contributed by atoms with Gasteiger partial charge in [0.25, 0.3) is 0 Å². The van der Waals surface area contributed by atoms with Gasteiger partial charge in [-0.3, -0.25) is 5.01 Å². The third-order valence-electron chi connectivity index (χ3n) is 15.5. The van der Waals surface area contributed by atoms with E-state index >= 15 is 0 Å². The zero-order valence-corrected chi connectivity index (χ0v) is 69.3. The largest absolute Gasteiger partial charge is 0.460 e. The third kappa shape index (κ3) is 40.7. The van der Waals surface area contributed by atoms with Crippen LogP contribution in [0.4, 0.5) is 5.69 Å². The number of ether oxygens (including phenoxy) is 20. The molecule has 28 nitrogen and oxygen atoms in total. The SMILES string of the molecule is CCN(CC)N=Nc1ccc(C(=O)OCCOCCOCCOC)cc1C#Cc1ccc(C(=O)OCCOCCOCCOC)cc1C#Cc1ccc(C(=O)OCCOCCOCCOC)cc1C#Cc1ccc(C(=O)OCCOCCOCCOC)cc1C#Cc1ccc(C(=O)OCCOCCOCCOC)cc1C#C[Si](C)(C)C. The lowest BCUT2D eigenvalue weighted by Crippen LogP contribution is -2.16. The summed E-state index contributed by atoms with van der Waals surface area (Å²) in [5.74, 6) is 25.8. The molecule has 0 N–H and O–H groups in total. The number of rotatable bonds is 54. The second kappa shape index (κ2) is 59.9. The highest BCUT2D eigenvalue weighted by molar-refractivity contribution is 6.83. The number of hydrogen-bond donors (Lipinski definition) is 0. The molecule has 5 aromatic carbocycles. The van der Waals surface area contributed by atoms with E-state index < -0.39 is 37.9 Å². The van der Waals surface area contributed by atoms with E-state index in [0.29, 0.717) is 164 Å². The van der Waals surface area contributed by atoms with Gasteiger partial charge in [-0.25, -0.2) is 24.0 Å². The second-order valence-corrected chi connectivity index (χ2v) is 30.1. The van der Waals surface area contributed by atoms with Gasteiger partial charge in [0.2, 0.25) is 0 Å². The highest BCUT2D eigenvalue weighted by Gasteiger charge is 2.18. The van der Waals surface area contributed by atoms with Crippen molar-refractivity contribution < 1.29 is 119 Å². The van der Waals surface area contributed by atoms with Gasteiger partial charge in [0.1, 0.15) is 46.8 Å². The zero-order chi connectivity index (χ0) is 83.5. The fraction of sp³-hybridized carbons (Fsp3) is 0.483. The number of esters is 5. The topological polar surface area (TPSA) is 298 Å². The average molecular weight is 1620 g/mol. The summed E-state index contributed by atoms with van der Waals surface area (Å²) in [5.41, 5.74) is 7.51. The number of benzene rings is 5. The Hall–Kier alpha value is -9.73. The van der Waals surface area contributed by atoms with E-state index in [4.69, 9.17) is 94.7 Å². The van der Waals surface area contributed by atoms with Crippen LogP contribution in [-0.2, 0) is 94.7 Å². The molecular weight excluding hydrogens is 1520 g/mol. The molecule has 29 heteroatoms. The van der Waals surface area contributed by atoms with E-state index in [9.17, 15) is 24.0 Å². The molecule has 0 heterocycles. The minimum Gasteiger partial charge on any atom is -0.460 e. The van der Waals surface area contributed by atoms with Crippen molar-refractivity contribution in [1.29, 1.82) is 0 Å². The van der Waals surface area contributed by atoms with Gasteiger partial charge in [0.15, 0.2) is 0 Å². The molecule has 0 aliphatic carbocycles. The van der Waals surface area contributed by atoms with Gasteiger partial charge in [0.05, 0.1) is 199 Å². The minimum absolute atomic E-state index is 0.00762. The van der Waals surface area contributed by atoms with E-state index in [1.807, 2.05) is 13.8 Å². The lowest BCUT2D eigenvalue weighted by atomic mass is 9.99. The Morgan fingerprint density at radius 3 is 0.724 bits per heavy atom. The van der Waals surface area contributed by atoms with E-state index in [0.717, 1.165) is 0 Å². The Morgan fingerprint density at radius 1 is 0.276 bits per heavy atom. The summed E-state index contributed by atoms with van der Waals surface area (Å²) >= 11 is 0. The summed E-state index contributed by atoms with van der Waals surface area (Å²) in [6, 6.07) is 23.7. The number of carbonyl (C=O) groups excluding carboxylic acids is 5. The van der Waals surface area contributed by atoms with Crippen molar-refractivity contribution in [3.05, 3.63) is 169 Å². The lowest BCUT2D eigenvalue weighted by molar-refractivity contribution is 0.00552. The molecule has 0 spiro atoms. The first-order valence-electron chi connectivity index (χ1n) is 38.1. The van der Waals surface area contributed by atoms with Gasteiger partial charge >= 0.3 is 29.8 Å². The summed E-state index contributed by atoms with van der Waals surface area (Å²) < 4.78 is 109. The zero-order valence-electron chi connectivity index (χ0n) is 68.3. The molecule has 0 aromatic heterocycles. The summed E-state index contributed by atoms with van der Waals surface area (Å²) in [6.07, 6.45) is 0. The molecule has 116 heavy (non-hydrogen) atoms. The predicted molar refractivity (Wildman–Crippen MR) is 433 cm³/mol. The van der Waals surface area contributed by atoms with Crippen LogP contribution in [0.5, 0.6) is 0 Å². The number of nitrogens with zero attached hydrogens (tertiary/aromatic N) is 3. The number of carbonyl (C=O) groups is 5. The van der Waals surface area contributed by atoms with Crippen molar-refractivity contribution in [3.63, 3.8) is 0 Å². The van der Waals surface area contributed by atoms with Crippen LogP contribution in [0, 0.1) is 58.8 Å². The van der Waals surface area contributed by atoms with Gasteiger partial charge in [-0.05, 0) is 105 Å². The average Bonchev–Trinajstić information content (AvgIpc) is 0.827. The van der Waals surface area contributed by atoms with Crippen LogP contribution in [-0.4, -0.2) is 290 Å². The Kier molecular flexibility index (Phi) is 50.0. The van der Waals surface area contributed by atoms with Crippen molar-refractivity contribution in [2.45, 2.75) is 33.5 Å². The quantitative estimate of drug-likeness (QED) is 0.00666. The van der Waals surface area contributed by atoms with E-state index in [1.54, 1.807) is 113 Å². The van der Waals surface area contributed by atoms with Crippen LogP contribution < -0.4 is 0 Å². The Balaban J connectivity index is 1.67. The lowest BCUT2D eigenvalue weighted by Gasteiger charge is -2.11. The molecule has 0 aliphatic heterocycles. The van der Waals surface area contributed by atoms with Crippen LogP contribution in [0.15, 0.2) is 101 Å². The summed E-state index contributed by atoms with van der Waals surface area (Å²) in [7, 11) is 5.90. The van der Waals surface area contributed by atoms with E-state index in [-0.39, 0.29) is 130 Å². The maximum Gasteiger partial charge on any atom is 0.338 e. The van der Waals surface area contributed by atoms with Crippen molar-refractivity contribution in [2.24, 2.45) is 10.3 Å². The maximum absolute atomic E-state index is 14.0. The van der Waals surface area contributed by atoms with Crippen LogP contribution >= 0.6 is 0 Å². The molecule has 0 radical (unpaired) electrons. The summed E-state index contributed by atoms with van der Waals surface area (Å²) in [6.45, 7) is 18.8. The van der Waals surface area contributed by atoms with E-state index in [2.05, 4.69) is 88.8 Å². The molecule has 0 saturated carbocycles. The van der Waals surface area contributed by atoms with Crippen LogP contribution in [0.3, 0.4) is 0 Å². The highest BCUT2D eigenvalue weighted by atomic mass is 28.3. The number of methoxy groups -OCH3 is 5. The molecule has 0 unspecified atom stereocenters. The molecule has 0 atom stereocenters. The second-order valence-electron chi connectivity index (χ2n) is 25.4. The molecule has 5 rings (SSSR count). The van der Waals surface area contributed by atoms with Gasteiger partial charge in [-0.15, -0.1) is 10.7 Å². The molecule has 0 fully saturated rings. The van der Waals surface area contributed by atoms with Gasteiger partial charge < -0.3 is 94.7 Å². The van der Waals surface area contributed by atoms with Gasteiger partial charge in [-0.1, -0.05) is 78.1 Å². The standard InChI is InChI=1S/C87H109N3O25Si/c1-11-90(12-2)89-88-82-30-29-81(87(95)115-61-56-110-51-46-105-41-36-100-7)67-76(82)24-16-70-19-27-79(85(93)113-59-54-108-49-44-103-39-34-98-5)65-74(70)22-14-68-17-25-77(83(91)111-57-52-106-47-42-101-37-32-96-3)63-72(68)21-13-69-18-26-78(84(92)112-58-53-107-48-43-102-38-33-97-4)64-73(69)23-15-71-20-28-80(66-75(71)31-62-116(8,9)10)86(94)114-60-55-109-50-45-104-40-35-99-6/h17-20,25-30,63-67H,11-12,32-61H2,1-10H3. The third-order valence-corrected chi connectivity index (χ3v) is 16.4. The van der Waals surface area contributed by atoms with Crippen LogP contribution in [0.2, 0.25) is 19.6 Å². The predicted octanol–water partition coefficient (Wildman–Crippen LogP) is 9.04. The fourth-order valence-electron chi connectivity index (χ4n) is 9.34.